The normalized spacial score (nSPS) is 10.3. The van der Waals surface area contributed by atoms with Crippen molar-refractivity contribution >= 4 is 37.8 Å². The predicted octanol–water partition coefficient (Wildman–Crippen LogP) is 4.58. The van der Waals surface area contributed by atoms with Crippen molar-refractivity contribution in [2.24, 2.45) is 0 Å². The third kappa shape index (κ3) is 3.93. The van der Waals surface area contributed by atoms with Crippen molar-refractivity contribution in [3.8, 4) is 0 Å². The van der Waals surface area contributed by atoms with Crippen molar-refractivity contribution in [1.82, 2.24) is 5.32 Å². The fraction of sp³-hybridized carbons (Fsp3) is 0.188. The summed E-state index contributed by atoms with van der Waals surface area (Å²) in [5.74, 6) is -0.0424. The lowest BCUT2D eigenvalue weighted by Gasteiger charge is -2.09. The number of halogens is 2. The van der Waals surface area contributed by atoms with E-state index in [9.17, 15) is 4.79 Å². The highest BCUT2D eigenvalue weighted by atomic mass is 79.9. The van der Waals surface area contributed by atoms with Gasteiger partial charge in [-0.25, -0.2) is 0 Å². The minimum absolute atomic E-state index is 0.0424. The number of alkyl halides is 1. The van der Waals surface area contributed by atoms with Crippen LogP contribution in [0.25, 0.3) is 0 Å². The Bertz CT molecular complexity index is 626. The molecule has 0 aromatic heterocycles. The SMILES string of the molecule is Cc1cc(Br)ccc1C(=O)NCc1cccc(CBr)c1. The van der Waals surface area contributed by atoms with Crippen molar-refractivity contribution in [2.75, 3.05) is 0 Å². The standard InChI is InChI=1S/C16H15Br2NO/c1-11-7-14(18)5-6-15(11)16(20)19-10-13-4-2-3-12(8-13)9-17/h2-8H,9-10H2,1H3,(H,19,20). The second-order valence-corrected chi connectivity index (χ2v) is 6.07. The molecule has 0 spiro atoms. The van der Waals surface area contributed by atoms with E-state index in [1.165, 1.54) is 5.56 Å². The zero-order valence-electron chi connectivity index (χ0n) is 11.1. The molecule has 0 aliphatic rings. The Morgan fingerprint density at radius 3 is 2.60 bits per heavy atom. The van der Waals surface area contributed by atoms with Gasteiger partial charge in [0, 0.05) is 21.9 Å². The van der Waals surface area contributed by atoms with Crippen LogP contribution in [0, 0.1) is 6.92 Å². The van der Waals surface area contributed by atoms with E-state index in [-0.39, 0.29) is 5.91 Å². The molecule has 0 atom stereocenters. The Balaban J connectivity index is 2.04. The molecule has 2 aromatic carbocycles. The number of amides is 1. The van der Waals surface area contributed by atoms with Gasteiger partial charge in [0.15, 0.2) is 0 Å². The van der Waals surface area contributed by atoms with E-state index in [0.717, 1.165) is 20.9 Å². The van der Waals surface area contributed by atoms with E-state index >= 15 is 0 Å². The molecule has 0 saturated heterocycles. The van der Waals surface area contributed by atoms with Gasteiger partial charge in [-0.15, -0.1) is 0 Å². The van der Waals surface area contributed by atoms with Crippen molar-refractivity contribution in [3.63, 3.8) is 0 Å². The van der Waals surface area contributed by atoms with Gasteiger partial charge in [-0.05, 0) is 41.8 Å². The van der Waals surface area contributed by atoms with E-state index in [4.69, 9.17) is 0 Å². The average molecular weight is 397 g/mol. The van der Waals surface area contributed by atoms with E-state index in [2.05, 4.69) is 49.3 Å². The molecule has 104 valence electrons. The van der Waals surface area contributed by atoms with Gasteiger partial charge in [0.1, 0.15) is 0 Å². The number of carbonyl (C=O) groups excluding carboxylic acids is 1. The number of hydrogen-bond acceptors (Lipinski definition) is 1. The number of carbonyl (C=O) groups is 1. The van der Waals surface area contributed by atoms with E-state index in [1.807, 2.05) is 37.3 Å². The lowest BCUT2D eigenvalue weighted by atomic mass is 10.1. The molecule has 1 amide bonds. The molecular formula is C16H15Br2NO. The quantitative estimate of drug-likeness (QED) is 0.752. The van der Waals surface area contributed by atoms with Gasteiger partial charge >= 0.3 is 0 Å². The average Bonchev–Trinajstić information content (AvgIpc) is 2.45. The molecular weight excluding hydrogens is 382 g/mol. The molecule has 0 heterocycles. The Hall–Kier alpha value is -1.13. The molecule has 0 radical (unpaired) electrons. The van der Waals surface area contributed by atoms with Crippen LogP contribution in [-0.4, -0.2) is 5.91 Å². The van der Waals surface area contributed by atoms with Gasteiger partial charge in [0.25, 0.3) is 5.91 Å². The zero-order valence-corrected chi connectivity index (χ0v) is 14.3. The Morgan fingerprint density at radius 2 is 1.90 bits per heavy atom. The molecule has 4 heteroatoms. The van der Waals surface area contributed by atoms with Crippen LogP contribution in [0.2, 0.25) is 0 Å². The summed E-state index contributed by atoms with van der Waals surface area (Å²) in [5.41, 5.74) is 3.98. The van der Waals surface area contributed by atoms with Crippen LogP contribution in [0.4, 0.5) is 0 Å². The van der Waals surface area contributed by atoms with Crippen LogP contribution >= 0.6 is 31.9 Å². The van der Waals surface area contributed by atoms with E-state index in [0.29, 0.717) is 12.1 Å². The zero-order chi connectivity index (χ0) is 14.5. The van der Waals surface area contributed by atoms with Crippen LogP contribution in [0.3, 0.4) is 0 Å². The highest BCUT2D eigenvalue weighted by Crippen LogP contribution is 2.16. The first-order valence-corrected chi connectivity index (χ1v) is 8.19. The third-order valence-electron chi connectivity index (χ3n) is 3.03. The maximum atomic E-state index is 12.2. The largest absolute Gasteiger partial charge is 0.348 e. The van der Waals surface area contributed by atoms with Crippen LogP contribution in [0.15, 0.2) is 46.9 Å². The number of nitrogens with one attached hydrogen (secondary N) is 1. The molecule has 0 fully saturated rings. The molecule has 0 aliphatic carbocycles. The Morgan fingerprint density at radius 1 is 1.15 bits per heavy atom. The maximum absolute atomic E-state index is 12.2. The summed E-state index contributed by atoms with van der Waals surface area (Å²) in [5, 5.41) is 3.78. The minimum Gasteiger partial charge on any atom is -0.348 e. The highest BCUT2D eigenvalue weighted by Gasteiger charge is 2.08. The van der Waals surface area contributed by atoms with Gasteiger partial charge in [0.2, 0.25) is 0 Å². The summed E-state index contributed by atoms with van der Waals surface area (Å²) >= 11 is 6.83. The molecule has 20 heavy (non-hydrogen) atoms. The number of rotatable bonds is 4. The summed E-state index contributed by atoms with van der Waals surface area (Å²) in [6, 6.07) is 13.8. The van der Waals surface area contributed by atoms with Gasteiger partial charge in [-0.1, -0.05) is 56.1 Å². The fourth-order valence-electron chi connectivity index (χ4n) is 1.98. The smallest absolute Gasteiger partial charge is 0.251 e. The van der Waals surface area contributed by atoms with Crippen molar-refractivity contribution in [2.45, 2.75) is 18.8 Å². The second kappa shape index (κ2) is 7.04. The molecule has 2 rings (SSSR count). The minimum atomic E-state index is -0.0424. The Labute approximate surface area is 135 Å². The van der Waals surface area contributed by atoms with Crippen molar-refractivity contribution in [1.29, 1.82) is 0 Å². The second-order valence-electron chi connectivity index (χ2n) is 4.60. The first kappa shape index (κ1) is 15.3. The van der Waals surface area contributed by atoms with Crippen LogP contribution in [0.1, 0.15) is 27.0 Å². The molecule has 0 saturated carbocycles. The number of benzene rings is 2. The fourth-order valence-corrected chi connectivity index (χ4v) is 2.81. The topological polar surface area (TPSA) is 29.1 Å². The molecule has 1 N–H and O–H groups in total. The lowest BCUT2D eigenvalue weighted by molar-refractivity contribution is 0.0950. The molecule has 0 aliphatic heterocycles. The summed E-state index contributed by atoms with van der Waals surface area (Å²) in [6.45, 7) is 2.47. The summed E-state index contributed by atoms with van der Waals surface area (Å²) < 4.78 is 0.983. The van der Waals surface area contributed by atoms with Gasteiger partial charge < -0.3 is 5.32 Å². The van der Waals surface area contributed by atoms with Crippen molar-refractivity contribution < 1.29 is 4.79 Å². The summed E-state index contributed by atoms with van der Waals surface area (Å²) in [6.07, 6.45) is 0. The van der Waals surface area contributed by atoms with Gasteiger partial charge in [-0.2, -0.15) is 0 Å². The summed E-state index contributed by atoms with van der Waals surface area (Å²) in [7, 11) is 0. The van der Waals surface area contributed by atoms with Crippen molar-refractivity contribution in [3.05, 3.63) is 69.2 Å². The van der Waals surface area contributed by atoms with Gasteiger partial charge in [-0.3, -0.25) is 4.79 Å². The molecule has 2 aromatic rings. The molecule has 0 bridgehead atoms. The van der Waals surface area contributed by atoms with E-state index in [1.54, 1.807) is 0 Å². The number of aryl methyl sites for hydroxylation is 1. The molecule has 0 unspecified atom stereocenters. The monoisotopic (exact) mass is 395 g/mol. The van der Waals surface area contributed by atoms with E-state index < -0.39 is 0 Å². The van der Waals surface area contributed by atoms with Gasteiger partial charge in [0.05, 0.1) is 0 Å². The molecule has 2 nitrogen and oxygen atoms in total. The van der Waals surface area contributed by atoms with Crippen LogP contribution < -0.4 is 5.32 Å². The third-order valence-corrected chi connectivity index (χ3v) is 4.17. The highest BCUT2D eigenvalue weighted by molar-refractivity contribution is 9.10. The first-order chi connectivity index (χ1) is 9.60. The predicted molar refractivity (Wildman–Crippen MR) is 89.1 cm³/mol. The van der Waals surface area contributed by atoms with Crippen LogP contribution in [0.5, 0.6) is 0 Å². The Kier molecular flexibility index (Phi) is 5.38. The first-order valence-electron chi connectivity index (χ1n) is 6.28. The maximum Gasteiger partial charge on any atom is 0.251 e. The number of hydrogen-bond donors (Lipinski definition) is 1. The lowest BCUT2D eigenvalue weighted by Crippen LogP contribution is -2.23. The summed E-state index contributed by atoms with van der Waals surface area (Å²) in [4.78, 5) is 12.2. The van der Waals surface area contributed by atoms with Crippen LogP contribution in [-0.2, 0) is 11.9 Å².